The van der Waals surface area contributed by atoms with E-state index in [-0.39, 0.29) is 62.9 Å². The molecule has 1 fully saturated rings. The van der Waals surface area contributed by atoms with Gasteiger partial charge < -0.3 is 70.9 Å². The van der Waals surface area contributed by atoms with Crippen molar-refractivity contribution in [1.82, 2.24) is 55.6 Å². The average Bonchev–Trinajstić information content (AvgIpc) is 1.58. The first-order chi connectivity index (χ1) is 40.0. The first-order valence-corrected chi connectivity index (χ1v) is 30.7. The Labute approximate surface area is 518 Å². The molecule has 1 aliphatic rings. The zero-order valence-corrected chi connectivity index (χ0v) is 56.6. The van der Waals surface area contributed by atoms with Crippen LogP contribution in [0.5, 0.6) is 0 Å². The number of aliphatic hydroxyl groups excluding tert-OH is 2. The van der Waals surface area contributed by atoms with Crippen molar-refractivity contribution in [1.29, 1.82) is 0 Å². The van der Waals surface area contributed by atoms with E-state index in [2.05, 4.69) is 21.3 Å². The van der Waals surface area contributed by atoms with E-state index < -0.39 is 161 Å². The van der Waals surface area contributed by atoms with Crippen molar-refractivity contribution in [2.24, 2.45) is 35.5 Å². The Bertz CT molecular complexity index is 2390. The first kappa shape index (κ1) is 78.8. The summed E-state index contributed by atoms with van der Waals surface area (Å²) < 4.78 is 0. The maximum Gasteiger partial charge on any atom is 0.246 e. The summed E-state index contributed by atoms with van der Waals surface area (Å²) in [6, 6.07) is -13.2. The Morgan fingerprint density at radius 3 is 1.43 bits per heavy atom. The Kier molecular flexibility index (Phi) is 31.8. The molecule has 1 heterocycles. The van der Waals surface area contributed by atoms with Gasteiger partial charge in [0, 0.05) is 55.8 Å². The van der Waals surface area contributed by atoms with Gasteiger partial charge in [0.15, 0.2) is 0 Å². The van der Waals surface area contributed by atoms with E-state index in [1.165, 1.54) is 103 Å². The number of nitrogens with one attached hydrogen (secondary N) is 4. The van der Waals surface area contributed by atoms with Crippen molar-refractivity contribution in [2.75, 3.05) is 62.5 Å². The molecule has 0 aromatic carbocycles. The summed E-state index contributed by atoms with van der Waals surface area (Å²) in [7, 11) is 9.52. The van der Waals surface area contributed by atoms with Gasteiger partial charge in [0.2, 0.25) is 65.0 Å². The molecule has 0 radical (unpaired) electrons. The fraction of sp³-hybridized carbons (Fsp3) is 0.790. The third-order valence-electron chi connectivity index (χ3n) is 16.1. The highest BCUT2D eigenvalue weighted by Gasteiger charge is 2.46. The lowest BCUT2D eigenvalue weighted by Gasteiger charge is -2.42. The van der Waals surface area contributed by atoms with E-state index in [1.807, 2.05) is 41.5 Å². The summed E-state index contributed by atoms with van der Waals surface area (Å²) in [4.78, 5) is 168. The van der Waals surface area contributed by atoms with Gasteiger partial charge in [-0.15, -0.1) is 0 Å². The molecule has 11 amide bonds. The molecule has 12 atom stereocenters. The lowest BCUT2D eigenvalue weighted by atomic mass is 9.91. The molecular formula is C62H111N11O14. The molecule has 0 saturated carbocycles. The van der Waals surface area contributed by atoms with Gasteiger partial charge >= 0.3 is 0 Å². The minimum Gasteiger partial charge on any atom is -0.392 e. The number of rotatable bonds is 16. The number of carbonyl (C=O) groups excluding carboxylic acids is 11. The first-order valence-electron chi connectivity index (χ1n) is 30.7. The summed E-state index contributed by atoms with van der Waals surface area (Å²) in [5.41, 5.74) is -1.57. The zero-order valence-electron chi connectivity index (χ0n) is 56.6. The molecule has 1 rings (SSSR count). The summed E-state index contributed by atoms with van der Waals surface area (Å²) in [5, 5.41) is 43.6. The largest absolute Gasteiger partial charge is 0.392 e. The highest BCUT2D eigenvalue weighted by atomic mass is 16.3. The highest BCUT2D eigenvalue weighted by molar-refractivity contribution is 5.99. The second-order valence-corrected chi connectivity index (χ2v) is 26.6. The van der Waals surface area contributed by atoms with Crippen molar-refractivity contribution in [3.05, 3.63) is 12.2 Å². The van der Waals surface area contributed by atoms with Crippen molar-refractivity contribution in [3.63, 3.8) is 0 Å². The lowest BCUT2D eigenvalue weighted by Crippen LogP contribution is -2.63. The van der Waals surface area contributed by atoms with Crippen molar-refractivity contribution < 1.29 is 68.1 Å². The van der Waals surface area contributed by atoms with Crippen molar-refractivity contribution in [2.45, 2.75) is 221 Å². The molecule has 0 aromatic rings. The van der Waals surface area contributed by atoms with Gasteiger partial charge in [0.25, 0.3) is 0 Å². The number of hydrogen-bond donors (Lipinski definition) is 7. The second-order valence-electron chi connectivity index (χ2n) is 26.6. The standard InChI is InChI=1S/C62H111N11O14/c1-24-42-57(82)67(17)33-47(75)68(18)43(29-34(2)3)54(79)66-48(37(8)9)60(85)69(19)44(30-35(4)5)53(78)63-40(13)52(77)64-41(14)56(81)71(21)46(32-62(15,16)87)59(84)70(20)45(31-36(6)7)58(83)72(22)49(38(10)11)61(86)73(23)50(55(80)65-42)51(76)39(12)27-25-26-28-74/h25-26,34-46,48-51,74,76,87H,24,27-33H2,1-23H3,(H,63,78)(H,64,77)(H,65,80)(H,66,79). The van der Waals surface area contributed by atoms with Crippen molar-refractivity contribution >= 4 is 65.0 Å². The van der Waals surface area contributed by atoms with Gasteiger partial charge in [0.1, 0.15) is 60.4 Å². The predicted octanol–water partition coefficient (Wildman–Crippen LogP) is 1.36. The normalized spacial score (nSPS) is 26.7. The fourth-order valence-corrected chi connectivity index (χ4v) is 10.7. The molecule has 1 aliphatic heterocycles. The third-order valence-corrected chi connectivity index (χ3v) is 16.1. The smallest absolute Gasteiger partial charge is 0.246 e. The molecule has 25 nitrogen and oxygen atoms in total. The van der Waals surface area contributed by atoms with Crippen LogP contribution >= 0.6 is 0 Å². The second kappa shape index (κ2) is 35.1. The molecule has 0 spiro atoms. The monoisotopic (exact) mass is 1230 g/mol. The molecule has 0 aromatic heterocycles. The molecule has 87 heavy (non-hydrogen) atoms. The van der Waals surface area contributed by atoms with Crippen LogP contribution < -0.4 is 21.3 Å². The lowest BCUT2D eigenvalue weighted by molar-refractivity contribution is -0.158. The minimum atomic E-state index is -1.70. The maximum atomic E-state index is 15.2. The van der Waals surface area contributed by atoms with Gasteiger partial charge in [-0.2, -0.15) is 0 Å². The number of amides is 11. The number of hydrogen-bond acceptors (Lipinski definition) is 14. The van der Waals surface area contributed by atoms with Crippen LogP contribution in [-0.4, -0.2) is 249 Å². The van der Waals surface area contributed by atoms with Crippen molar-refractivity contribution in [3.8, 4) is 0 Å². The van der Waals surface area contributed by atoms with E-state index in [4.69, 9.17) is 0 Å². The maximum absolute atomic E-state index is 15.2. The summed E-state index contributed by atoms with van der Waals surface area (Å²) in [6.45, 7) is 25.8. The van der Waals surface area contributed by atoms with E-state index >= 15 is 9.59 Å². The van der Waals surface area contributed by atoms with Gasteiger partial charge in [-0.25, -0.2) is 0 Å². The quantitative estimate of drug-likeness (QED) is 0.107. The minimum absolute atomic E-state index is 0.0195. The topological polar surface area (TPSA) is 319 Å². The number of likely N-dealkylation sites (N-methyl/N-ethyl adjacent to an activating group) is 7. The van der Waals surface area contributed by atoms with Crippen LogP contribution in [0.2, 0.25) is 0 Å². The van der Waals surface area contributed by atoms with Crippen LogP contribution in [0.3, 0.4) is 0 Å². The SMILES string of the molecule is CCC1NC(=O)C(C(O)C(C)CC=CCO)N(C)C(=O)C(C(C)C)N(C)C(=O)C(CC(C)C)N(C)C(=O)C(CC(C)(C)O)N(C)C(=O)C(C)NC(=O)C(C)NC(=O)C(CC(C)C)N(C)C(=O)C(C(C)C)NC(=O)C(CC(C)C)N(C)C(=O)CN(C)C1=O. The average molecular weight is 1230 g/mol. The molecule has 498 valence electrons. The zero-order chi connectivity index (χ0) is 67.6. The third kappa shape index (κ3) is 22.7. The van der Waals surface area contributed by atoms with Gasteiger partial charge in [-0.05, 0) is 95.3 Å². The summed E-state index contributed by atoms with van der Waals surface area (Å²) >= 11 is 0. The fourth-order valence-electron chi connectivity index (χ4n) is 10.7. The molecule has 1 saturated heterocycles. The van der Waals surface area contributed by atoms with Crippen LogP contribution in [0.4, 0.5) is 0 Å². The van der Waals surface area contributed by atoms with Gasteiger partial charge in [-0.3, -0.25) is 52.7 Å². The van der Waals surface area contributed by atoms with E-state index in [1.54, 1.807) is 47.6 Å². The molecular weight excluding hydrogens is 1120 g/mol. The predicted molar refractivity (Wildman–Crippen MR) is 331 cm³/mol. The Hall–Kier alpha value is -6.21. The van der Waals surface area contributed by atoms with Gasteiger partial charge in [-0.1, -0.05) is 95.2 Å². The molecule has 25 heteroatoms. The van der Waals surface area contributed by atoms with Crippen LogP contribution in [0, 0.1) is 35.5 Å². The van der Waals surface area contributed by atoms with Crippen LogP contribution in [0.25, 0.3) is 0 Å². The number of aliphatic hydroxyl groups is 3. The Morgan fingerprint density at radius 2 is 0.954 bits per heavy atom. The summed E-state index contributed by atoms with van der Waals surface area (Å²) in [6.07, 6.45) is 1.56. The Morgan fingerprint density at radius 1 is 0.506 bits per heavy atom. The number of nitrogens with zero attached hydrogens (tertiary/aromatic N) is 7. The van der Waals surface area contributed by atoms with E-state index in [9.17, 15) is 58.5 Å². The van der Waals surface area contributed by atoms with Crippen LogP contribution in [0.1, 0.15) is 149 Å². The number of carbonyl (C=O) groups is 11. The molecule has 0 aliphatic carbocycles. The van der Waals surface area contributed by atoms with E-state index in [0.29, 0.717) is 0 Å². The molecule has 12 unspecified atom stereocenters. The molecule has 0 bridgehead atoms. The van der Waals surface area contributed by atoms with E-state index in [0.717, 1.165) is 14.7 Å². The number of allylic oxidation sites excluding steroid dienone is 1. The Balaban J connectivity index is 4.37. The highest BCUT2D eigenvalue weighted by Crippen LogP contribution is 2.26. The van der Waals surface area contributed by atoms with Crippen LogP contribution in [-0.2, 0) is 52.7 Å². The summed E-state index contributed by atoms with van der Waals surface area (Å²) in [5.74, 6) is -10.7. The van der Waals surface area contributed by atoms with Crippen LogP contribution in [0.15, 0.2) is 12.2 Å². The molecule has 7 N–H and O–H groups in total. The van der Waals surface area contributed by atoms with Gasteiger partial charge in [0.05, 0.1) is 24.9 Å².